The van der Waals surface area contributed by atoms with Crippen molar-refractivity contribution in [3.8, 4) is 33.4 Å². The van der Waals surface area contributed by atoms with Crippen LogP contribution in [-0.4, -0.2) is 0 Å². The molecule has 10 aromatic carbocycles. The molecule has 0 spiro atoms. The van der Waals surface area contributed by atoms with Gasteiger partial charge in [-0.2, -0.15) is 0 Å². The van der Waals surface area contributed by atoms with Gasteiger partial charge < -0.3 is 9.32 Å². The molecule has 0 saturated heterocycles. The van der Waals surface area contributed by atoms with Gasteiger partial charge in [0.2, 0.25) is 0 Å². The number of anilines is 3. The lowest BCUT2D eigenvalue weighted by Gasteiger charge is -2.26. The SMILES string of the molecule is c1cc(-c2cccc3oc4ccc5c6ccccc6sc5c4c23)cc(N(c2ccc(-c3ccc4ccccc4c3)cc2)c2ccc(-c3cccc4ccccc34)cc2)c1. The molecule has 2 heterocycles. The molecule has 276 valence electrons. The van der Waals surface area contributed by atoms with Crippen LogP contribution in [0, 0.1) is 0 Å². The number of hydrogen-bond acceptors (Lipinski definition) is 3. The van der Waals surface area contributed by atoms with Crippen LogP contribution in [0.3, 0.4) is 0 Å². The summed E-state index contributed by atoms with van der Waals surface area (Å²) in [5.74, 6) is 0. The second kappa shape index (κ2) is 13.6. The van der Waals surface area contributed by atoms with Crippen molar-refractivity contribution in [2.75, 3.05) is 4.90 Å². The minimum atomic E-state index is 0.901. The molecule has 12 aromatic rings. The number of thiophene rings is 1. The van der Waals surface area contributed by atoms with E-state index in [1.54, 1.807) is 0 Å². The fourth-order valence-electron chi connectivity index (χ4n) is 9.02. The minimum Gasteiger partial charge on any atom is -0.456 e. The van der Waals surface area contributed by atoms with E-state index in [-0.39, 0.29) is 0 Å². The molecule has 12 rings (SSSR count). The number of nitrogens with zero attached hydrogens (tertiary/aromatic N) is 1. The highest BCUT2D eigenvalue weighted by Gasteiger charge is 2.20. The summed E-state index contributed by atoms with van der Waals surface area (Å²) < 4.78 is 9.14. The lowest BCUT2D eigenvalue weighted by Crippen LogP contribution is -2.10. The smallest absolute Gasteiger partial charge is 0.136 e. The van der Waals surface area contributed by atoms with Crippen molar-refractivity contribution in [3.05, 3.63) is 212 Å². The predicted octanol–water partition coefficient (Wildman–Crippen LogP) is 16.7. The quantitative estimate of drug-likeness (QED) is 0.167. The molecular formula is C56H35NOS. The first-order valence-corrected chi connectivity index (χ1v) is 20.9. The van der Waals surface area contributed by atoms with E-state index in [1.807, 2.05) is 11.3 Å². The Morgan fingerprint density at radius 2 is 0.983 bits per heavy atom. The van der Waals surface area contributed by atoms with Crippen molar-refractivity contribution in [3.63, 3.8) is 0 Å². The Morgan fingerprint density at radius 1 is 0.339 bits per heavy atom. The van der Waals surface area contributed by atoms with E-state index in [0.717, 1.165) is 44.7 Å². The largest absolute Gasteiger partial charge is 0.456 e. The monoisotopic (exact) mass is 769 g/mol. The van der Waals surface area contributed by atoms with Crippen molar-refractivity contribution in [1.82, 2.24) is 0 Å². The molecule has 0 amide bonds. The van der Waals surface area contributed by atoms with Gasteiger partial charge in [0, 0.05) is 48.0 Å². The van der Waals surface area contributed by atoms with E-state index in [1.165, 1.54) is 69.4 Å². The molecule has 0 N–H and O–H groups in total. The molecule has 0 unspecified atom stereocenters. The van der Waals surface area contributed by atoms with E-state index in [0.29, 0.717) is 0 Å². The van der Waals surface area contributed by atoms with Crippen LogP contribution in [0.2, 0.25) is 0 Å². The molecule has 2 nitrogen and oxygen atoms in total. The fraction of sp³-hybridized carbons (Fsp3) is 0. The average Bonchev–Trinajstić information content (AvgIpc) is 3.88. The summed E-state index contributed by atoms with van der Waals surface area (Å²) in [6.45, 7) is 0. The molecule has 0 aliphatic heterocycles. The molecule has 0 aliphatic rings. The van der Waals surface area contributed by atoms with Gasteiger partial charge in [0.25, 0.3) is 0 Å². The van der Waals surface area contributed by atoms with Gasteiger partial charge in [-0.3, -0.25) is 0 Å². The van der Waals surface area contributed by atoms with Gasteiger partial charge in [0.1, 0.15) is 11.2 Å². The Balaban J connectivity index is 1.01. The highest BCUT2D eigenvalue weighted by atomic mass is 32.1. The Kier molecular flexibility index (Phi) is 7.75. The standard InChI is InChI=1S/C56H35NOS/c1-2-12-40-34-41(23-22-36(40)10-1)37-24-28-43(29-25-37)57(44-30-26-39(27-31-44)47-18-8-13-38-11-3-4-16-46(38)47)45-15-7-14-42(35-45)48-19-9-20-51-54(48)55-52(58-51)33-32-50-49-17-5-6-21-53(49)59-56(50)55/h1-35H. The minimum absolute atomic E-state index is 0.901. The number of rotatable bonds is 6. The Morgan fingerprint density at radius 3 is 1.83 bits per heavy atom. The van der Waals surface area contributed by atoms with E-state index in [4.69, 9.17) is 4.42 Å². The Hall–Kier alpha value is -7.46. The fourth-order valence-corrected chi connectivity index (χ4v) is 10.3. The van der Waals surface area contributed by atoms with Crippen LogP contribution in [0.15, 0.2) is 217 Å². The number of fused-ring (bicyclic) bond motifs is 9. The van der Waals surface area contributed by atoms with Gasteiger partial charge in [-0.15, -0.1) is 11.3 Å². The summed E-state index contributed by atoms with van der Waals surface area (Å²) in [7, 11) is 0. The summed E-state index contributed by atoms with van der Waals surface area (Å²) in [6.07, 6.45) is 0. The van der Waals surface area contributed by atoms with Crippen molar-refractivity contribution < 1.29 is 4.42 Å². The van der Waals surface area contributed by atoms with Crippen LogP contribution >= 0.6 is 11.3 Å². The maximum Gasteiger partial charge on any atom is 0.136 e. The van der Waals surface area contributed by atoms with Crippen LogP contribution in [0.4, 0.5) is 17.1 Å². The summed E-state index contributed by atoms with van der Waals surface area (Å²) >= 11 is 1.85. The maximum atomic E-state index is 6.58. The molecule has 0 radical (unpaired) electrons. The van der Waals surface area contributed by atoms with Crippen LogP contribution in [-0.2, 0) is 0 Å². The summed E-state index contributed by atoms with van der Waals surface area (Å²) in [5.41, 5.74) is 12.2. The molecule has 0 bridgehead atoms. The van der Waals surface area contributed by atoms with Gasteiger partial charge in [-0.25, -0.2) is 0 Å². The first-order chi connectivity index (χ1) is 29.2. The van der Waals surface area contributed by atoms with Gasteiger partial charge >= 0.3 is 0 Å². The third kappa shape index (κ3) is 5.62. The molecule has 0 saturated carbocycles. The van der Waals surface area contributed by atoms with Crippen LogP contribution in [0.1, 0.15) is 0 Å². The topological polar surface area (TPSA) is 16.4 Å². The van der Waals surface area contributed by atoms with E-state index >= 15 is 0 Å². The third-order valence-electron chi connectivity index (χ3n) is 11.9. The van der Waals surface area contributed by atoms with Crippen LogP contribution < -0.4 is 4.90 Å². The molecule has 3 heteroatoms. The van der Waals surface area contributed by atoms with E-state index in [2.05, 4.69) is 217 Å². The molecule has 0 fully saturated rings. The van der Waals surface area contributed by atoms with Crippen molar-refractivity contribution in [2.24, 2.45) is 0 Å². The van der Waals surface area contributed by atoms with E-state index < -0.39 is 0 Å². The zero-order valence-electron chi connectivity index (χ0n) is 32.0. The first-order valence-electron chi connectivity index (χ1n) is 20.1. The van der Waals surface area contributed by atoms with Crippen LogP contribution in [0.25, 0.3) is 97.0 Å². The second-order valence-electron chi connectivity index (χ2n) is 15.3. The number of furan rings is 1. The molecule has 0 atom stereocenters. The highest BCUT2D eigenvalue weighted by Crippen LogP contribution is 2.46. The Labute approximate surface area is 345 Å². The van der Waals surface area contributed by atoms with Gasteiger partial charge in [0.05, 0.1) is 0 Å². The normalized spacial score (nSPS) is 11.7. The molecule has 2 aromatic heterocycles. The molecular weight excluding hydrogens is 735 g/mol. The second-order valence-corrected chi connectivity index (χ2v) is 16.3. The third-order valence-corrected chi connectivity index (χ3v) is 13.1. The van der Waals surface area contributed by atoms with Crippen molar-refractivity contribution in [2.45, 2.75) is 0 Å². The summed E-state index contributed by atoms with van der Waals surface area (Å²) in [6, 6.07) is 76.9. The van der Waals surface area contributed by atoms with Crippen molar-refractivity contribution >= 4 is 92.1 Å². The van der Waals surface area contributed by atoms with E-state index in [9.17, 15) is 0 Å². The van der Waals surface area contributed by atoms with Gasteiger partial charge in [-0.05, 0) is 122 Å². The predicted molar refractivity (Wildman–Crippen MR) is 253 cm³/mol. The average molecular weight is 770 g/mol. The summed E-state index contributed by atoms with van der Waals surface area (Å²) in [5, 5.41) is 9.89. The lowest BCUT2D eigenvalue weighted by molar-refractivity contribution is 0.669. The number of hydrogen-bond donors (Lipinski definition) is 0. The molecule has 0 aliphatic carbocycles. The highest BCUT2D eigenvalue weighted by molar-refractivity contribution is 7.26. The van der Waals surface area contributed by atoms with Gasteiger partial charge in [0.15, 0.2) is 0 Å². The number of benzene rings is 10. The molecule has 59 heavy (non-hydrogen) atoms. The van der Waals surface area contributed by atoms with Crippen LogP contribution in [0.5, 0.6) is 0 Å². The zero-order valence-corrected chi connectivity index (χ0v) is 32.8. The Bertz CT molecular complexity index is 3550. The lowest BCUT2D eigenvalue weighted by atomic mass is 9.97. The maximum absolute atomic E-state index is 6.58. The first kappa shape index (κ1) is 33.7. The van der Waals surface area contributed by atoms with Crippen molar-refractivity contribution in [1.29, 1.82) is 0 Å². The summed E-state index contributed by atoms with van der Waals surface area (Å²) in [4.78, 5) is 2.37. The zero-order chi connectivity index (χ0) is 38.9. The van der Waals surface area contributed by atoms with Gasteiger partial charge in [-0.1, -0.05) is 146 Å².